The van der Waals surface area contributed by atoms with Gasteiger partial charge < -0.3 is 15.0 Å². The molecule has 0 saturated carbocycles. The van der Waals surface area contributed by atoms with E-state index in [1.807, 2.05) is 61.5 Å². The second-order valence-corrected chi connectivity index (χ2v) is 9.47. The van der Waals surface area contributed by atoms with Gasteiger partial charge in [-0.2, -0.15) is 0 Å². The fourth-order valence-electron chi connectivity index (χ4n) is 3.77. The number of ether oxygens (including phenoxy) is 1. The number of carbonyl (C=O) groups excluding carboxylic acids is 2. The second-order valence-electron chi connectivity index (χ2n) is 8.49. The van der Waals surface area contributed by atoms with Crippen LogP contribution in [0.5, 0.6) is 5.75 Å². The van der Waals surface area contributed by atoms with Gasteiger partial charge in [-0.25, -0.2) is 4.39 Å². The van der Waals surface area contributed by atoms with Gasteiger partial charge in [-0.15, -0.1) is 11.8 Å². The summed E-state index contributed by atoms with van der Waals surface area (Å²) in [6, 6.07) is 22.8. The molecular weight excluding hydrogens is 475 g/mol. The first-order valence-corrected chi connectivity index (χ1v) is 13.2. The van der Waals surface area contributed by atoms with Crippen molar-refractivity contribution in [1.82, 2.24) is 10.2 Å². The Balaban J connectivity index is 1.80. The first-order valence-electron chi connectivity index (χ1n) is 12.1. The van der Waals surface area contributed by atoms with Gasteiger partial charge in [0.05, 0.1) is 12.9 Å². The van der Waals surface area contributed by atoms with Gasteiger partial charge in [0.2, 0.25) is 11.8 Å². The maximum atomic E-state index is 13.5. The topological polar surface area (TPSA) is 58.6 Å². The number of rotatable bonds is 13. The predicted molar refractivity (Wildman–Crippen MR) is 143 cm³/mol. The molecule has 0 saturated heterocycles. The molecule has 1 atom stereocenters. The standard InChI is InChI=1S/C29H33FN2O3S/c1-3-17-31-29(34)27(18-22-7-5-4-6-8-22)32(19-23-9-13-25(30)14-10-23)28(33)21-36-20-24-11-15-26(35-2)16-12-24/h4-16,27H,3,17-21H2,1-2H3,(H,31,34). The van der Waals surface area contributed by atoms with E-state index in [1.54, 1.807) is 24.1 Å². The van der Waals surface area contributed by atoms with Gasteiger partial charge in [0.25, 0.3) is 0 Å². The Kier molecular flexibility index (Phi) is 10.8. The third kappa shape index (κ3) is 8.41. The normalized spacial score (nSPS) is 11.5. The zero-order chi connectivity index (χ0) is 25.8. The highest BCUT2D eigenvalue weighted by Gasteiger charge is 2.30. The Labute approximate surface area is 217 Å². The van der Waals surface area contributed by atoms with Crippen molar-refractivity contribution in [2.75, 3.05) is 19.4 Å². The molecule has 0 fully saturated rings. The molecule has 3 aromatic carbocycles. The first-order chi connectivity index (χ1) is 17.5. The molecule has 1 N–H and O–H groups in total. The summed E-state index contributed by atoms with van der Waals surface area (Å²) in [5.74, 6) is 1.01. The zero-order valence-corrected chi connectivity index (χ0v) is 21.6. The van der Waals surface area contributed by atoms with E-state index in [9.17, 15) is 14.0 Å². The summed E-state index contributed by atoms with van der Waals surface area (Å²) in [5.41, 5.74) is 2.82. The summed E-state index contributed by atoms with van der Waals surface area (Å²) < 4.78 is 18.7. The first kappa shape index (κ1) is 27.3. The molecule has 5 nitrogen and oxygen atoms in total. The number of nitrogens with one attached hydrogen (secondary N) is 1. The van der Waals surface area contributed by atoms with Crippen LogP contribution in [0, 0.1) is 5.82 Å². The molecule has 36 heavy (non-hydrogen) atoms. The lowest BCUT2D eigenvalue weighted by molar-refractivity contribution is -0.139. The van der Waals surface area contributed by atoms with Gasteiger partial charge in [0.15, 0.2) is 0 Å². The third-order valence-corrected chi connectivity index (χ3v) is 6.73. The molecule has 0 aliphatic carbocycles. The van der Waals surface area contributed by atoms with Crippen LogP contribution >= 0.6 is 11.8 Å². The number of methoxy groups -OCH3 is 1. The summed E-state index contributed by atoms with van der Waals surface area (Å²) in [5, 5.41) is 2.96. The van der Waals surface area contributed by atoms with Gasteiger partial charge in [0.1, 0.15) is 17.6 Å². The number of hydrogen-bond acceptors (Lipinski definition) is 4. The van der Waals surface area contributed by atoms with E-state index in [1.165, 1.54) is 23.9 Å². The van der Waals surface area contributed by atoms with Crippen LogP contribution in [0.3, 0.4) is 0 Å². The molecule has 0 spiro atoms. The molecular formula is C29H33FN2O3S. The summed E-state index contributed by atoms with van der Waals surface area (Å²) in [4.78, 5) is 28.4. The van der Waals surface area contributed by atoms with E-state index in [0.29, 0.717) is 18.7 Å². The van der Waals surface area contributed by atoms with Crippen molar-refractivity contribution in [1.29, 1.82) is 0 Å². The molecule has 1 unspecified atom stereocenters. The van der Waals surface area contributed by atoms with Gasteiger partial charge >= 0.3 is 0 Å². The van der Waals surface area contributed by atoms with Crippen LogP contribution in [0.2, 0.25) is 0 Å². The molecule has 0 aliphatic rings. The van der Waals surface area contributed by atoms with E-state index in [-0.39, 0.29) is 29.9 Å². The second kappa shape index (κ2) is 14.3. The summed E-state index contributed by atoms with van der Waals surface area (Å²) in [6.07, 6.45) is 1.19. The Bertz CT molecular complexity index is 1090. The average Bonchev–Trinajstić information content (AvgIpc) is 2.91. The molecule has 0 bridgehead atoms. The minimum Gasteiger partial charge on any atom is -0.497 e. The summed E-state index contributed by atoms with van der Waals surface area (Å²) in [7, 11) is 1.63. The van der Waals surface area contributed by atoms with E-state index >= 15 is 0 Å². The largest absolute Gasteiger partial charge is 0.497 e. The van der Waals surface area contributed by atoms with Crippen LogP contribution < -0.4 is 10.1 Å². The van der Waals surface area contributed by atoms with Crippen LogP contribution in [0.15, 0.2) is 78.9 Å². The van der Waals surface area contributed by atoms with E-state index in [0.717, 1.165) is 28.9 Å². The predicted octanol–water partition coefficient (Wildman–Crippen LogP) is 5.23. The van der Waals surface area contributed by atoms with Gasteiger partial charge in [-0.3, -0.25) is 9.59 Å². The van der Waals surface area contributed by atoms with Crippen molar-refractivity contribution in [3.05, 3.63) is 101 Å². The monoisotopic (exact) mass is 508 g/mol. The van der Waals surface area contributed by atoms with Crippen molar-refractivity contribution in [3.63, 3.8) is 0 Å². The Morgan fingerprint density at radius 3 is 2.25 bits per heavy atom. The highest BCUT2D eigenvalue weighted by molar-refractivity contribution is 7.99. The fourth-order valence-corrected chi connectivity index (χ4v) is 4.64. The smallest absolute Gasteiger partial charge is 0.243 e. The van der Waals surface area contributed by atoms with E-state index in [2.05, 4.69) is 5.32 Å². The molecule has 0 aliphatic heterocycles. The Morgan fingerprint density at radius 1 is 0.944 bits per heavy atom. The maximum Gasteiger partial charge on any atom is 0.243 e. The SMILES string of the molecule is CCCNC(=O)C(Cc1ccccc1)N(Cc1ccc(F)cc1)C(=O)CSCc1ccc(OC)cc1. The fraction of sp³-hybridized carbons (Fsp3) is 0.310. The molecule has 2 amide bonds. The van der Waals surface area contributed by atoms with Crippen LogP contribution in [-0.4, -0.2) is 42.2 Å². The number of carbonyl (C=O) groups is 2. The summed E-state index contributed by atoms with van der Waals surface area (Å²) in [6.45, 7) is 2.75. The van der Waals surface area contributed by atoms with E-state index < -0.39 is 6.04 Å². The van der Waals surface area contributed by atoms with Crippen LogP contribution in [0.1, 0.15) is 30.0 Å². The quantitative estimate of drug-likeness (QED) is 0.343. The molecule has 0 heterocycles. The van der Waals surface area contributed by atoms with Crippen molar-refractivity contribution >= 4 is 23.6 Å². The lowest BCUT2D eigenvalue weighted by atomic mass is 10.0. The number of halogens is 1. The van der Waals surface area contributed by atoms with Crippen LogP contribution in [-0.2, 0) is 28.3 Å². The lowest BCUT2D eigenvalue weighted by Crippen LogP contribution is -2.51. The zero-order valence-electron chi connectivity index (χ0n) is 20.8. The van der Waals surface area contributed by atoms with Crippen LogP contribution in [0.4, 0.5) is 4.39 Å². The van der Waals surface area contributed by atoms with Crippen LogP contribution in [0.25, 0.3) is 0 Å². The molecule has 7 heteroatoms. The minimum absolute atomic E-state index is 0.134. The minimum atomic E-state index is -0.682. The van der Waals surface area contributed by atoms with Crippen molar-refractivity contribution in [2.45, 2.75) is 38.1 Å². The van der Waals surface area contributed by atoms with Gasteiger partial charge in [0, 0.05) is 25.3 Å². The Hall–Kier alpha value is -3.32. The molecule has 190 valence electrons. The molecule has 3 rings (SSSR count). The Morgan fingerprint density at radius 2 is 1.61 bits per heavy atom. The molecule has 0 radical (unpaired) electrons. The number of benzene rings is 3. The number of nitrogens with zero attached hydrogens (tertiary/aromatic N) is 1. The lowest BCUT2D eigenvalue weighted by Gasteiger charge is -2.31. The summed E-state index contributed by atoms with van der Waals surface area (Å²) >= 11 is 1.50. The number of hydrogen-bond donors (Lipinski definition) is 1. The van der Waals surface area contributed by atoms with Crippen molar-refractivity contribution in [3.8, 4) is 5.75 Å². The number of thioether (sulfide) groups is 1. The van der Waals surface area contributed by atoms with E-state index in [4.69, 9.17) is 4.74 Å². The number of amides is 2. The molecule has 0 aromatic heterocycles. The molecule has 3 aromatic rings. The average molecular weight is 509 g/mol. The maximum absolute atomic E-state index is 13.5. The van der Waals surface area contributed by atoms with Gasteiger partial charge in [-0.1, -0.05) is 61.5 Å². The van der Waals surface area contributed by atoms with Crippen molar-refractivity contribution in [2.24, 2.45) is 0 Å². The third-order valence-electron chi connectivity index (χ3n) is 5.74. The van der Waals surface area contributed by atoms with Gasteiger partial charge in [-0.05, 0) is 47.4 Å². The highest BCUT2D eigenvalue weighted by atomic mass is 32.2. The highest BCUT2D eigenvalue weighted by Crippen LogP contribution is 2.20. The van der Waals surface area contributed by atoms with Crippen molar-refractivity contribution < 1.29 is 18.7 Å².